The molecule has 0 saturated heterocycles. The van der Waals surface area contributed by atoms with E-state index in [-0.39, 0.29) is 23.0 Å². The summed E-state index contributed by atoms with van der Waals surface area (Å²) >= 11 is 5.17. The van der Waals surface area contributed by atoms with E-state index in [0.29, 0.717) is 16.8 Å². The summed E-state index contributed by atoms with van der Waals surface area (Å²) in [5.74, 6) is -0.445. The zero-order valence-electron chi connectivity index (χ0n) is 14.4. The highest BCUT2D eigenvalue weighted by molar-refractivity contribution is 7.80. The van der Waals surface area contributed by atoms with E-state index < -0.39 is 0 Å². The molecule has 0 heterocycles. The lowest BCUT2D eigenvalue weighted by atomic mass is 10.1. The summed E-state index contributed by atoms with van der Waals surface area (Å²) in [6.45, 7) is 5.75. The van der Waals surface area contributed by atoms with Crippen LogP contribution in [0.3, 0.4) is 0 Å². The molecule has 3 N–H and O–H groups in total. The fourth-order valence-corrected chi connectivity index (χ4v) is 2.34. The molecular formula is C19H21N3O2S. The first-order valence-corrected chi connectivity index (χ1v) is 8.36. The molecule has 25 heavy (non-hydrogen) atoms. The van der Waals surface area contributed by atoms with E-state index in [0.717, 1.165) is 5.56 Å². The Balaban J connectivity index is 1.99. The second-order valence-electron chi connectivity index (χ2n) is 5.98. The van der Waals surface area contributed by atoms with Gasteiger partial charge in [-0.25, -0.2) is 0 Å². The van der Waals surface area contributed by atoms with E-state index in [9.17, 15) is 9.59 Å². The van der Waals surface area contributed by atoms with Crippen LogP contribution in [-0.4, -0.2) is 23.0 Å². The molecule has 0 atom stereocenters. The van der Waals surface area contributed by atoms with Crippen molar-refractivity contribution < 1.29 is 9.59 Å². The van der Waals surface area contributed by atoms with Crippen LogP contribution in [0.4, 0.5) is 5.69 Å². The van der Waals surface area contributed by atoms with Crippen LogP contribution in [0, 0.1) is 6.92 Å². The van der Waals surface area contributed by atoms with Crippen molar-refractivity contribution in [1.82, 2.24) is 10.6 Å². The normalized spacial score (nSPS) is 10.2. The van der Waals surface area contributed by atoms with Gasteiger partial charge in [-0.2, -0.15) is 0 Å². The standard InChI is InChI=1S/C19H21N3O2S/c1-12(2)20-18(24)15-5-4-6-16(11-15)21-19(25)22-17(23)14-9-7-13(3)8-10-14/h4-12H,1-3H3,(H,20,24)(H2,21,22,23,25). The summed E-state index contributed by atoms with van der Waals surface area (Å²) in [7, 11) is 0. The highest BCUT2D eigenvalue weighted by Crippen LogP contribution is 2.11. The second-order valence-corrected chi connectivity index (χ2v) is 6.39. The third-order valence-electron chi connectivity index (χ3n) is 3.34. The smallest absolute Gasteiger partial charge is 0.257 e. The minimum atomic E-state index is -0.286. The largest absolute Gasteiger partial charge is 0.350 e. The van der Waals surface area contributed by atoms with Gasteiger partial charge in [-0.1, -0.05) is 23.8 Å². The average Bonchev–Trinajstić information content (AvgIpc) is 2.54. The Morgan fingerprint density at radius 1 is 0.960 bits per heavy atom. The molecule has 0 aromatic heterocycles. The Kier molecular flexibility index (Phi) is 6.25. The number of nitrogens with one attached hydrogen (secondary N) is 3. The van der Waals surface area contributed by atoms with Gasteiger partial charge in [-0.15, -0.1) is 0 Å². The number of benzene rings is 2. The van der Waals surface area contributed by atoms with E-state index in [1.54, 1.807) is 36.4 Å². The minimum absolute atomic E-state index is 0.0546. The fourth-order valence-electron chi connectivity index (χ4n) is 2.13. The summed E-state index contributed by atoms with van der Waals surface area (Å²) in [5.41, 5.74) is 2.76. The molecule has 2 rings (SSSR count). The lowest BCUT2D eigenvalue weighted by Gasteiger charge is -2.12. The van der Waals surface area contributed by atoms with Gasteiger partial charge in [0.1, 0.15) is 0 Å². The Hall–Kier alpha value is -2.73. The topological polar surface area (TPSA) is 70.2 Å². The van der Waals surface area contributed by atoms with Crippen molar-refractivity contribution in [3.05, 3.63) is 65.2 Å². The number of amides is 2. The molecule has 0 aliphatic carbocycles. The van der Waals surface area contributed by atoms with Crippen LogP contribution in [0.15, 0.2) is 48.5 Å². The van der Waals surface area contributed by atoms with E-state index >= 15 is 0 Å². The minimum Gasteiger partial charge on any atom is -0.350 e. The molecule has 2 aromatic carbocycles. The van der Waals surface area contributed by atoms with Crippen LogP contribution in [0.5, 0.6) is 0 Å². The van der Waals surface area contributed by atoms with Crippen LogP contribution < -0.4 is 16.0 Å². The molecule has 0 bridgehead atoms. The van der Waals surface area contributed by atoms with Crippen molar-refractivity contribution in [2.75, 3.05) is 5.32 Å². The van der Waals surface area contributed by atoms with E-state index in [1.807, 2.05) is 32.9 Å². The first kappa shape index (κ1) is 18.6. The van der Waals surface area contributed by atoms with Crippen LogP contribution >= 0.6 is 12.2 Å². The monoisotopic (exact) mass is 355 g/mol. The maximum Gasteiger partial charge on any atom is 0.257 e. The van der Waals surface area contributed by atoms with E-state index in [4.69, 9.17) is 12.2 Å². The molecule has 2 amide bonds. The van der Waals surface area contributed by atoms with Gasteiger partial charge >= 0.3 is 0 Å². The Morgan fingerprint density at radius 3 is 2.28 bits per heavy atom. The van der Waals surface area contributed by atoms with Crippen LogP contribution in [0.1, 0.15) is 40.1 Å². The number of aryl methyl sites for hydroxylation is 1. The van der Waals surface area contributed by atoms with Crippen LogP contribution in [0.25, 0.3) is 0 Å². The lowest BCUT2D eigenvalue weighted by Crippen LogP contribution is -2.34. The number of anilines is 1. The molecule has 6 heteroatoms. The molecule has 0 aliphatic rings. The average molecular weight is 355 g/mol. The van der Waals surface area contributed by atoms with Gasteiger partial charge in [0.2, 0.25) is 0 Å². The van der Waals surface area contributed by atoms with E-state index in [2.05, 4.69) is 16.0 Å². The van der Waals surface area contributed by atoms with Crippen molar-refractivity contribution in [2.45, 2.75) is 26.8 Å². The molecular weight excluding hydrogens is 334 g/mol. The lowest BCUT2D eigenvalue weighted by molar-refractivity contribution is 0.0941. The van der Waals surface area contributed by atoms with Crippen LogP contribution in [0.2, 0.25) is 0 Å². The van der Waals surface area contributed by atoms with Crippen molar-refractivity contribution in [3.8, 4) is 0 Å². The molecule has 5 nitrogen and oxygen atoms in total. The highest BCUT2D eigenvalue weighted by Gasteiger charge is 2.10. The van der Waals surface area contributed by atoms with E-state index in [1.165, 1.54) is 0 Å². The number of carbonyl (C=O) groups is 2. The molecule has 0 spiro atoms. The van der Waals surface area contributed by atoms with Crippen molar-refractivity contribution in [1.29, 1.82) is 0 Å². The molecule has 0 aliphatic heterocycles. The third-order valence-corrected chi connectivity index (χ3v) is 3.55. The molecule has 130 valence electrons. The molecule has 0 fully saturated rings. The second kappa shape index (κ2) is 8.39. The molecule has 2 aromatic rings. The van der Waals surface area contributed by atoms with Gasteiger partial charge in [-0.3, -0.25) is 14.9 Å². The molecule has 0 saturated carbocycles. The van der Waals surface area contributed by atoms with Crippen molar-refractivity contribution in [2.24, 2.45) is 0 Å². The van der Waals surface area contributed by atoms with Gasteiger partial charge in [0, 0.05) is 22.9 Å². The van der Waals surface area contributed by atoms with Gasteiger partial charge in [0.05, 0.1) is 0 Å². The fraction of sp³-hybridized carbons (Fsp3) is 0.211. The Morgan fingerprint density at radius 2 is 1.64 bits per heavy atom. The van der Waals surface area contributed by atoms with Gasteiger partial charge in [0.15, 0.2) is 5.11 Å². The molecule has 0 radical (unpaired) electrons. The maximum atomic E-state index is 12.2. The number of hydrogen-bond donors (Lipinski definition) is 3. The summed E-state index contributed by atoms with van der Waals surface area (Å²) in [4.78, 5) is 24.2. The summed E-state index contributed by atoms with van der Waals surface area (Å²) < 4.78 is 0. The number of carbonyl (C=O) groups excluding carboxylic acids is 2. The predicted molar refractivity (Wildman–Crippen MR) is 104 cm³/mol. The zero-order chi connectivity index (χ0) is 18.4. The predicted octanol–water partition coefficient (Wildman–Crippen LogP) is 3.26. The van der Waals surface area contributed by atoms with Crippen LogP contribution in [-0.2, 0) is 0 Å². The SMILES string of the molecule is Cc1ccc(C(=O)NC(=S)Nc2cccc(C(=O)NC(C)C)c2)cc1. The van der Waals surface area contributed by atoms with Gasteiger partial charge in [-0.05, 0) is 63.3 Å². The Labute approximate surface area is 152 Å². The first-order valence-electron chi connectivity index (χ1n) is 7.95. The Bertz CT molecular complexity index is 786. The number of thiocarbonyl (C=S) groups is 1. The highest BCUT2D eigenvalue weighted by atomic mass is 32.1. The zero-order valence-corrected chi connectivity index (χ0v) is 15.2. The summed E-state index contributed by atoms with van der Waals surface area (Å²) in [6, 6.07) is 14.2. The summed E-state index contributed by atoms with van der Waals surface area (Å²) in [6.07, 6.45) is 0. The molecule has 0 unspecified atom stereocenters. The van der Waals surface area contributed by atoms with Gasteiger partial charge < -0.3 is 10.6 Å². The first-order chi connectivity index (χ1) is 11.8. The van der Waals surface area contributed by atoms with Gasteiger partial charge in [0.25, 0.3) is 11.8 Å². The summed E-state index contributed by atoms with van der Waals surface area (Å²) in [5, 5.41) is 8.55. The van der Waals surface area contributed by atoms with Crippen molar-refractivity contribution in [3.63, 3.8) is 0 Å². The third kappa shape index (κ3) is 5.69. The number of hydrogen-bond acceptors (Lipinski definition) is 3. The maximum absolute atomic E-state index is 12.2. The number of rotatable bonds is 4. The van der Waals surface area contributed by atoms with Crippen molar-refractivity contribution >= 4 is 34.8 Å². The quantitative estimate of drug-likeness (QED) is 0.736.